The molecule has 0 fully saturated rings. The number of pyridine rings is 1. The Kier molecular flexibility index (Phi) is 3.39. The highest BCUT2D eigenvalue weighted by Gasteiger charge is 2.07. The molecule has 3 aromatic rings. The Morgan fingerprint density at radius 2 is 1.90 bits per heavy atom. The Morgan fingerprint density at radius 3 is 2.62 bits per heavy atom. The zero-order chi connectivity index (χ0) is 14.9. The highest BCUT2D eigenvalue weighted by molar-refractivity contribution is 7.90. The predicted octanol–water partition coefficient (Wildman–Crippen LogP) is 2.84. The lowest BCUT2D eigenvalue weighted by Gasteiger charge is -2.07. The molecule has 0 atom stereocenters. The van der Waals surface area contributed by atoms with Crippen LogP contribution in [-0.2, 0) is 16.4 Å². The average Bonchev–Trinajstić information content (AvgIpc) is 2.93. The number of nitrogens with one attached hydrogen (secondary N) is 1. The highest BCUT2D eigenvalue weighted by Crippen LogP contribution is 2.22. The fourth-order valence-corrected chi connectivity index (χ4v) is 2.71. The van der Waals surface area contributed by atoms with E-state index in [1.807, 2.05) is 6.07 Å². The summed E-state index contributed by atoms with van der Waals surface area (Å²) in [6.07, 6.45) is 4.50. The van der Waals surface area contributed by atoms with Crippen LogP contribution >= 0.6 is 0 Å². The third-order valence-electron chi connectivity index (χ3n) is 3.19. The van der Waals surface area contributed by atoms with Crippen molar-refractivity contribution in [1.29, 1.82) is 0 Å². The molecule has 21 heavy (non-hydrogen) atoms. The van der Waals surface area contributed by atoms with Crippen molar-refractivity contribution in [2.75, 3.05) is 11.6 Å². The third kappa shape index (κ3) is 2.90. The van der Waals surface area contributed by atoms with Gasteiger partial charge in [0.15, 0.2) is 9.84 Å². The van der Waals surface area contributed by atoms with Gasteiger partial charge in [0.25, 0.3) is 0 Å². The number of furan rings is 1. The molecule has 0 saturated carbocycles. The number of fused-ring (bicyclic) bond motifs is 1. The predicted molar refractivity (Wildman–Crippen MR) is 80.9 cm³/mol. The number of nitrogens with zero attached hydrogens (tertiary/aromatic N) is 1. The zero-order valence-corrected chi connectivity index (χ0v) is 12.2. The van der Waals surface area contributed by atoms with Crippen molar-refractivity contribution in [2.24, 2.45) is 0 Å². The first-order valence-electron chi connectivity index (χ1n) is 6.39. The van der Waals surface area contributed by atoms with Gasteiger partial charge in [0.2, 0.25) is 0 Å². The Morgan fingerprint density at radius 1 is 1.14 bits per heavy atom. The van der Waals surface area contributed by atoms with E-state index in [2.05, 4.69) is 10.3 Å². The van der Waals surface area contributed by atoms with Crippen LogP contribution in [0, 0.1) is 0 Å². The largest absolute Gasteiger partial charge is 0.464 e. The first kappa shape index (κ1) is 13.6. The SMILES string of the molecule is CS(=O)(=O)c1ccc(CNc2nccc3occc23)cc1. The molecule has 6 heteroatoms. The minimum absolute atomic E-state index is 0.321. The first-order chi connectivity index (χ1) is 10.0. The van der Waals surface area contributed by atoms with Crippen molar-refractivity contribution in [2.45, 2.75) is 11.4 Å². The molecule has 0 spiro atoms. The van der Waals surface area contributed by atoms with Gasteiger partial charge >= 0.3 is 0 Å². The Bertz CT molecular complexity index is 867. The maximum Gasteiger partial charge on any atom is 0.175 e. The average molecular weight is 302 g/mol. The topological polar surface area (TPSA) is 72.2 Å². The van der Waals surface area contributed by atoms with Crippen molar-refractivity contribution in [3.63, 3.8) is 0 Å². The Labute approximate surface area is 122 Å². The van der Waals surface area contributed by atoms with E-state index in [-0.39, 0.29) is 0 Å². The van der Waals surface area contributed by atoms with Gasteiger partial charge in [0.05, 0.1) is 16.5 Å². The summed E-state index contributed by atoms with van der Waals surface area (Å²) >= 11 is 0. The first-order valence-corrected chi connectivity index (χ1v) is 8.28. The molecule has 1 aromatic carbocycles. The van der Waals surface area contributed by atoms with Gasteiger partial charge in [-0.2, -0.15) is 0 Å². The van der Waals surface area contributed by atoms with Gasteiger partial charge in [-0.25, -0.2) is 13.4 Å². The molecule has 1 N–H and O–H groups in total. The molecule has 5 nitrogen and oxygen atoms in total. The summed E-state index contributed by atoms with van der Waals surface area (Å²) in [5, 5.41) is 4.15. The second-order valence-corrected chi connectivity index (χ2v) is 6.78. The minimum atomic E-state index is -3.15. The molecule has 0 aliphatic carbocycles. The molecule has 2 aromatic heterocycles. The van der Waals surface area contributed by atoms with Gasteiger partial charge in [-0.05, 0) is 29.8 Å². The lowest BCUT2D eigenvalue weighted by molar-refractivity contribution is 0.602. The van der Waals surface area contributed by atoms with E-state index in [1.54, 1.807) is 42.8 Å². The van der Waals surface area contributed by atoms with E-state index < -0.39 is 9.84 Å². The lowest BCUT2D eigenvalue weighted by atomic mass is 10.2. The van der Waals surface area contributed by atoms with E-state index in [0.29, 0.717) is 11.4 Å². The van der Waals surface area contributed by atoms with Crippen LogP contribution < -0.4 is 5.32 Å². The molecule has 0 unspecified atom stereocenters. The zero-order valence-electron chi connectivity index (χ0n) is 11.4. The normalized spacial score (nSPS) is 11.7. The highest BCUT2D eigenvalue weighted by atomic mass is 32.2. The molecule has 2 heterocycles. The van der Waals surface area contributed by atoms with Gasteiger partial charge < -0.3 is 9.73 Å². The number of hydrogen-bond acceptors (Lipinski definition) is 5. The fraction of sp³-hybridized carbons (Fsp3) is 0.133. The number of sulfone groups is 1. The van der Waals surface area contributed by atoms with Gasteiger partial charge in [-0.15, -0.1) is 0 Å². The molecule has 0 aliphatic rings. The summed E-state index contributed by atoms with van der Waals surface area (Å²) in [7, 11) is -3.15. The molecular formula is C15H14N2O3S. The summed E-state index contributed by atoms with van der Waals surface area (Å²) in [6, 6.07) is 10.5. The van der Waals surface area contributed by atoms with Gasteiger partial charge in [-0.3, -0.25) is 0 Å². The van der Waals surface area contributed by atoms with Gasteiger partial charge in [0, 0.05) is 19.0 Å². The molecular weight excluding hydrogens is 288 g/mol. The summed E-state index contributed by atoms with van der Waals surface area (Å²) < 4.78 is 28.1. The molecule has 3 rings (SSSR count). The van der Waals surface area contributed by atoms with Crippen LogP contribution in [0.4, 0.5) is 5.82 Å². The van der Waals surface area contributed by atoms with Crippen molar-refractivity contribution in [3.8, 4) is 0 Å². The number of anilines is 1. The number of rotatable bonds is 4. The van der Waals surface area contributed by atoms with Crippen LogP contribution in [-0.4, -0.2) is 19.7 Å². The van der Waals surface area contributed by atoms with Crippen LogP contribution in [0.3, 0.4) is 0 Å². The van der Waals surface area contributed by atoms with Gasteiger partial charge in [0.1, 0.15) is 11.4 Å². The van der Waals surface area contributed by atoms with Crippen molar-refractivity contribution >= 4 is 26.6 Å². The van der Waals surface area contributed by atoms with E-state index in [4.69, 9.17) is 4.42 Å². The molecule has 0 aliphatic heterocycles. The van der Waals surface area contributed by atoms with Crippen molar-refractivity contribution < 1.29 is 12.8 Å². The minimum Gasteiger partial charge on any atom is -0.464 e. The summed E-state index contributed by atoms with van der Waals surface area (Å²) in [6.45, 7) is 0.557. The van der Waals surface area contributed by atoms with Crippen LogP contribution in [0.1, 0.15) is 5.56 Å². The monoisotopic (exact) mass is 302 g/mol. The molecule has 108 valence electrons. The Balaban J connectivity index is 1.77. The number of hydrogen-bond donors (Lipinski definition) is 1. The van der Waals surface area contributed by atoms with Crippen molar-refractivity contribution in [3.05, 3.63) is 54.4 Å². The van der Waals surface area contributed by atoms with Crippen LogP contribution in [0.15, 0.2) is 58.2 Å². The van der Waals surface area contributed by atoms with Gasteiger partial charge in [-0.1, -0.05) is 12.1 Å². The maximum atomic E-state index is 11.4. The number of benzene rings is 1. The van der Waals surface area contributed by atoms with E-state index in [9.17, 15) is 8.42 Å². The quantitative estimate of drug-likeness (QED) is 0.802. The second kappa shape index (κ2) is 5.21. The van der Waals surface area contributed by atoms with E-state index in [0.717, 1.165) is 22.4 Å². The standard InChI is InChI=1S/C15H14N2O3S/c1-21(18,19)12-4-2-11(3-5-12)10-17-15-13-7-9-20-14(13)6-8-16-15/h2-9H,10H2,1H3,(H,16,17). The Hall–Kier alpha value is -2.34. The second-order valence-electron chi connectivity index (χ2n) is 4.76. The fourth-order valence-electron chi connectivity index (χ4n) is 2.08. The van der Waals surface area contributed by atoms with Crippen LogP contribution in [0.25, 0.3) is 11.0 Å². The van der Waals surface area contributed by atoms with Crippen LogP contribution in [0.2, 0.25) is 0 Å². The third-order valence-corrected chi connectivity index (χ3v) is 4.32. The molecule has 0 bridgehead atoms. The smallest absolute Gasteiger partial charge is 0.175 e. The van der Waals surface area contributed by atoms with E-state index >= 15 is 0 Å². The molecule has 0 amide bonds. The number of aromatic nitrogens is 1. The molecule has 0 radical (unpaired) electrons. The maximum absolute atomic E-state index is 11.4. The van der Waals surface area contributed by atoms with Crippen LogP contribution in [0.5, 0.6) is 0 Å². The summed E-state index contributed by atoms with van der Waals surface area (Å²) in [4.78, 5) is 4.60. The lowest BCUT2D eigenvalue weighted by Crippen LogP contribution is -2.02. The van der Waals surface area contributed by atoms with E-state index in [1.165, 1.54) is 6.26 Å². The molecule has 0 saturated heterocycles. The summed E-state index contributed by atoms with van der Waals surface area (Å²) in [5.74, 6) is 0.744. The van der Waals surface area contributed by atoms with Crippen molar-refractivity contribution in [1.82, 2.24) is 4.98 Å². The summed E-state index contributed by atoms with van der Waals surface area (Å²) in [5.41, 5.74) is 1.75.